The zero-order valence-corrected chi connectivity index (χ0v) is 38.1. The van der Waals surface area contributed by atoms with Crippen molar-refractivity contribution in [1.82, 2.24) is 29.7 Å². The van der Waals surface area contributed by atoms with Gasteiger partial charge in [0.2, 0.25) is 0 Å². The van der Waals surface area contributed by atoms with Crippen LogP contribution in [0.4, 0.5) is 5.69 Å². The summed E-state index contributed by atoms with van der Waals surface area (Å²) in [5.74, 6) is -1.45. The number of carbonyl (C=O) groups is 2. The summed E-state index contributed by atoms with van der Waals surface area (Å²) in [7, 11) is -6.24. The molecule has 0 aliphatic rings. The lowest BCUT2D eigenvalue weighted by Gasteiger charge is -2.26. The molecule has 3 atom stereocenters. The molecule has 0 fully saturated rings. The Labute approximate surface area is 365 Å². The monoisotopic (exact) mass is 907 g/mol. The number of terminal acetylenes is 1. The fourth-order valence-electron chi connectivity index (χ4n) is 6.35. The third kappa shape index (κ3) is 12.7. The standard InChI is InChI=1S/C43H55N7O11P2/c1-9-62(56,58-24-22-51)48-32-15-13-30(14-16-32)40(53)44-20-11-10-12-23-59-63(57,47-29(4)41(54)60-43(5,6)7)61-38-27-37(52)34(28(2)3)26-35(38)39-45-46-42(55)50(39)33-17-18-36-31(25-33)19-21-49(36)8/h1,13-19,21,25-29,51-52H,10-12,20,22-24H2,2-8H3,(H,44,53)(H,46,55)(H,47,57)(H,48,56). The first-order valence-electron chi connectivity index (χ1n) is 20.3. The zero-order valence-electron chi connectivity index (χ0n) is 36.3. The predicted molar refractivity (Wildman–Crippen MR) is 240 cm³/mol. The van der Waals surface area contributed by atoms with Crippen LogP contribution in [0.15, 0.2) is 71.7 Å². The molecule has 20 heteroatoms. The Hall–Kier alpha value is -5.66. The number of aromatic nitrogens is 4. The van der Waals surface area contributed by atoms with Crippen LogP contribution in [0.1, 0.15) is 82.6 Å². The fraction of sp³-hybridized carbons (Fsp3) is 0.395. The first kappa shape index (κ1) is 48.4. The number of nitrogens with zero attached hydrogens (tertiary/aromatic N) is 3. The number of aromatic hydroxyl groups is 1. The Morgan fingerprint density at radius 1 is 0.984 bits per heavy atom. The Morgan fingerprint density at radius 3 is 2.38 bits per heavy atom. The number of carbonyl (C=O) groups excluding carboxylic acids is 2. The number of aliphatic hydroxyl groups is 1. The van der Waals surface area contributed by atoms with Gasteiger partial charge in [0, 0.05) is 53.7 Å². The normalized spacial score (nSPS) is 14.1. The van der Waals surface area contributed by atoms with Crippen molar-refractivity contribution < 1.29 is 47.2 Å². The summed E-state index contributed by atoms with van der Waals surface area (Å²) in [6.45, 7) is 9.94. The number of unbranched alkanes of at least 4 members (excludes halogenated alkanes) is 2. The minimum Gasteiger partial charge on any atom is -0.508 e. The third-order valence-electron chi connectivity index (χ3n) is 9.45. The van der Waals surface area contributed by atoms with E-state index in [0.29, 0.717) is 48.3 Å². The maximum Gasteiger partial charge on any atom is 0.459 e. The predicted octanol–water partition coefficient (Wildman–Crippen LogP) is 7.18. The highest BCUT2D eigenvalue weighted by atomic mass is 31.2. The molecule has 0 radical (unpaired) electrons. The first-order chi connectivity index (χ1) is 29.7. The quantitative estimate of drug-likeness (QED) is 0.0185. The van der Waals surface area contributed by atoms with Gasteiger partial charge in [-0.3, -0.25) is 18.7 Å². The van der Waals surface area contributed by atoms with Crippen LogP contribution < -0.4 is 25.7 Å². The highest BCUT2D eigenvalue weighted by molar-refractivity contribution is 7.65. The van der Waals surface area contributed by atoms with Crippen LogP contribution in [-0.4, -0.2) is 79.4 Å². The van der Waals surface area contributed by atoms with Gasteiger partial charge in [0.05, 0.1) is 31.1 Å². The van der Waals surface area contributed by atoms with E-state index in [1.54, 1.807) is 32.9 Å². The topological polar surface area (TPSA) is 237 Å². The number of rotatable bonds is 21. The van der Waals surface area contributed by atoms with Crippen LogP contribution in [0.2, 0.25) is 0 Å². The Kier molecular flexibility index (Phi) is 15.9. The molecule has 2 heterocycles. The molecule has 1 amide bonds. The van der Waals surface area contributed by atoms with Gasteiger partial charge < -0.3 is 39.0 Å². The van der Waals surface area contributed by atoms with E-state index < -0.39 is 38.6 Å². The van der Waals surface area contributed by atoms with Gasteiger partial charge >= 0.3 is 26.9 Å². The average molecular weight is 908 g/mol. The number of ether oxygens (including phenoxy) is 1. The number of aromatic amines is 1. The van der Waals surface area contributed by atoms with E-state index in [2.05, 4.69) is 31.4 Å². The Balaban J connectivity index is 1.31. The molecular weight excluding hydrogens is 852 g/mol. The maximum atomic E-state index is 14.7. The highest BCUT2D eigenvalue weighted by Crippen LogP contribution is 2.50. The lowest BCUT2D eigenvalue weighted by molar-refractivity contribution is -0.156. The molecule has 0 aliphatic heterocycles. The lowest BCUT2D eigenvalue weighted by atomic mass is 9.98. The Bertz CT molecular complexity index is 2610. The number of fused-ring (bicyclic) bond motifs is 1. The average Bonchev–Trinajstić information content (AvgIpc) is 3.80. The summed E-state index contributed by atoms with van der Waals surface area (Å²) in [5.41, 5.74) is 3.52. The van der Waals surface area contributed by atoms with Gasteiger partial charge in [-0.1, -0.05) is 13.8 Å². The number of aryl methyl sites for hydroxylation is 1. The Morgan fingerprint density at radius 2 is 1.71 bits per heavy atom. The van der Waals surface area contributed by atoms with Crippen LogP contribution in [0.5, 0.6) is 11.5 Å². The third-order valence-corrected chi connectivity index (χ3v) is 12.5. The largest absolute Gasteiger partial charge is 0.508 e. The molecule has 0 aliphatic carbocycles. The van der Waals surface area contributed by atoms with Gasteiger partial charge in [-0.05, 0) is 113 Å². The number of hydrogen-bond acceptors (Lipinski definition) is 12. The summed E-state index contributed by atoms with van der Waals surface area (Å²) >= 11 is 0. The zero-order chi connectivity index (χ0) is 46.1. The molecular formula is C43H55N7O11P2. The second-order valence-electron chi connectivity index (χ2n) is 16.0. The van der Waals surface area contributed by atoms with Gasteiger partial charge in [-0.15, -0.1) is 6.42 Å². The lowest BCUT2D eigenvalue weighted by Crippen LogP contribution is -2.38. The summed E-state index contributed by atoms with van der Waals surface area (Å²) in [6, 6.07) is 15.2. The van der Waals surface area contributed by atoms with Crippen LogP contribution in [0.25, 0.3) is 28.0 Å². The first-order valence-corrected chi connectivity index (χ1v) is 23.5. The minimum atomic E-state index is -4.48. The van der Waals surface area contributed by atoms with E-state index in [1.807, 2.05) is 49.9 Å². The van der Waals surface area contributed by atoms with Gasteiger partial charge in [-0.25, -0.2) is 19.0 Å². The van der Waals surface area contributed by atoms with Gasteiger partial charge in [-0.2, -0.15) is 10.2 Å². The number of aliphatic hydroxyl groups excluding tert-OH is 1. The fourth-order valence-corrected chi connectivity index (χ4v) is 8.92. The second-order valence-corrected chi connectivity index (χ2v) is 19.5. The van der Waals surface area contributed by atoms with Gasteiger partial charge in [0.15, 0.2) is 5.82 Å². The van der Waals surface area contributed by atoms with E-state index in [0.717, 1.165) is 10.9 Å². The van der Waals surface area contributed by atoms with E-state index in [-0.39, 0.29) is 54.5 Å². The number of H-pyrrole nitrogens is 1. The van der Waals surface area contributed by atoms with Crippen molar-refractivity contribution in [2.24, 2.45) is 7.05 Å². The number of nitrogens with one attached hydrogen (secondary N) is 4. The number of amides is 1. The van der Waals surface area contributed by atoms with Crippen molar-refractivity contribution in [3.8, 4) is 40.7 Å². The van der Waals surface area contributed by atoms with Crippen molar-refractivity contribution in [2.75, 3.05) is 31.5 Å². The summed E-state index contributed by atoms with van der Waals surface area (Å²) in [4.78, 5) is 39.3. The van der Waals surface area contributed by atoms with E-state index in [4.69, 9.17) is 29.8 Å². The smallest absolute Gasteiger partial charge is 0.459 e. The van der Waals surface area contributed by atoms with E-state index in [1.165, 1.54) is 41.8 Å². The minimum absolute atomic E-state index is 0.104. The molecule has 2 aromatic heterocycles. The molecule has 338 valence electrons. The molecule has 5 rings (SSSR count). The van der Waals surface area contributed by atoms with Crippen molar-refractivity contribution in [3.05, 3.63) is 88.5 Å². The summed E-state index contributed by atoms with van der Waals surface area (Å²) in [5, 5.41) is 36.0. The van der Waals surface area contributed by atoms with Crippen molar-refractivity contribution >= 4 is 43.7 Å². The number of anilines is 1. The number of phenolic OH excluding ortho intramolecular Hbond substituents is 1. The second kappa shape index (κ2) is 20.7. The van der Waals surface area contributed by atoms with Gasteiger partial charge in [0.1, 0.15) is 23.1 Å². The van der Waals surface area contributed by atoms with Crippen LogP contribution >= 0.6 is 15.3 Å². The van der Waals surface area contributed by atoms with E-state index in [9.17, 15) is 28.6 Å². The molecule has 63 heavy (non-hydrogen) atoms. The summed E-state index contributed by atoms with van der Waals surface area (Å²) in [6.07, 6.45) is 8.65. The summed E-state index contributed by atoms with van der Waals surface area (Å²) < 4.78 is 53.3. The number of phenols is 1. The number of benzene rings is 3. The maximum absolute atomic E-state index is 14.7. The molecule has 0 spiro atoms. The number of esters is 1. The highest BCUT2D eigenvalue weighted by Gasteiger charge is 2.35. The van der Waals surface area contributed by atoms with Gasteiger partial charge in [0.25, 0.3) is 5.91 Å². The molecule has 3 unspecified atom stereocenters. The SMILES string of the molecule is C#CP(=O)(Nc1ccc(C(=O)NCCCCCOP(=O)(NC(C)C(=O)OC(C)(C)C)Oc2cc(O)c(C(C)C)cc2-c2n[nH]c(=O)n2-c2ccc3c(ccn3C)c2)cc1)OCCO. The molecule has 3 aromatic carbocycles. The molecule has 0 saturated carbocycles. The van der Waals surface area contributed by atoms with Crippen molar-refractivity contribution in [3.63, 3.8) is 0 Å². The van der Waals surface area contributed by atoms with Crippen LogP contribution in [-0.2, 0) is 34.8 Å². The molecule has 0 bridgehead atoms. The van der Waals surface area contributed by atoms with E-state index >= 15 is 0 Å². The number of hydrogen-bond donors (Lipinski definition) is 6. The molecule has 5 aromatic rings. The molecule has 0 saturated heterocycles. The van der Waals surface area contributed by atoms with Crippen molar-refractivity contribution in [2.45, 2.75) is 78.4 Å². The van der Waals surface area contributed by atoms with Crippen LogP contribution in [0, 0.1) is 12.1 Å². The van der Waals surface area contributed by atoms with Crippen LogP contribution in [0.3, 0.4) is 0 Å². The molecule has 18 nitrogen and oxygen atoms in total. The molecule has 6 N–H and O–H groups in total. The van der Waals surface area contributed by atoms with Crippen molar-refractivity contribution in [1.29, 1.82) is 0 Å².